The summed E-state index contributed by atoms with van der Waals surface area (Å²) in [6.45, 7) is 3.76. The minimum atomic E-state index is -0.419. The molecule has 5 heteroatoms. The van der Waals surface area contributed by atoms with E-state index in [0.29, 0.717) is 5.69 Å². The minimum Gasteiger partial charge on any atom is -0.306 e. The van der Waals surface area contributed by atoms with Gasteiger partial charge in [-0.1, -0.05) is 29.2 Å². The van der Waals surface area contributed by atoms with Crippen LogP contribution < -0.4 is 10.9 Å². The van der Waals surface area contributed by atoms with Crippen molar-refractivity contribution in [2.45, 2.75) is 13.8 Å². The lowest BCUT2D eigenvalue weighted by atomic mass is 10.2. The van der Waals surface area contributed by atoms with E-state index >= 15 is 0 Å². The van der Waals surface area contributed by atoms with Gasteiger partial charge in [-0.3, -0.25) is 4.79 Å². The van der Waals surface area contributed by atoms with Gasteiger partial charge in [0.25, 0.3) is 5.56 Å². The maximum atomic E-state index is 11.8. The summed E-state index contributed by atoms with van der Waals surface area (Å²) in [6, 6.07) is 8.43. The van der Waals surface area contributed by atoms with Gasteiger partial charge in [0.2, 0.25) is 0 Å². The molecule has 0 aliphatic carbocycles. The van der Waals surface area contributed by atoms with Crippen LogP contribution in [0.3, 0.4) is 0 Å². The molecule has 1 aromatic carbocycles. The highest BCUT2D eigenvalue weighted by molar-refractivity contribution is 7.07. The van der Waals surface area contributed by atoms with E-state index in [9.17, 15) is 9.59 Å². The lowest BCUT2D eigenvalue weighted by Gasteiger charge is -2.04. The SMILES string of the molecule is Cc1ccc(NC(=O)n2sc(C)cc2=O)cc1. The molecule has 0 unspecified atom stereocenters. The highest BCUT2D eigenvalue weighted by Crippen LogP contribution is 2.10. The molecule has 0 fully saturated rings. The van der Waals surface area contributed by atoms with Gasteiger partial charge in [0.1, 0.15) is 0 Å². The van der Waals surface area contributed by atoms with Gasteiger partial charge in [0.15, 0.2) is 0 Å². The molecule has 1 aromatic heterocycles. The molecule has 0 aliphatic rings. The summed E-state index contributed by atoms with van der Waals surface area (Å²) >= 11 is 1.14. The van der Waals surface area contributed by atoms with E-state index < -0.39 is 6.03 Å². The Morgan fingerprint density at radius 2 is 1.88 bits per heavy atom. The molecule has 0 saturated heterocycles. The van der Waals surface area contributed by atoms with Crippen molar-refractivity contribution >= 4 is 23.3 Å². The van der Waals surface area contributed by atoms with Gasteiger partial charge in [-0.2, -0.15) is 3.96 Å². The number of nitrogens with zero attached hydrogens (tertiary/aromatic N) is 1. The van der Waals surface area contributed by atoms with Gasteiger partial charge in [-0.05, 0) is 26.0 Å². The van der Waals surface area contributed by atoms with E-state index in [1.54, 1.807) is 19.1 Å². The average Bonchev–Trinajstić information content (AvgIpc) is 2.61. The van der Waals surface area contributed by atoms with Gasteiger partial charge in [-0.25, -0.2) is 4.79 Å². The first kappa shape index (κ1) is 11.6. The lowest BCUT2D eigenvalue weighted by Crippen LogP contribution is -2.25. The Bertz CT molecular complexity index is 596. The van der Waals surface area contributed by atoms with Crippen molar-refractivity contribution < 1.29 is 4.79 Å². The van der Waals surface area contributed by atoms with Crippen LogP contribution in [-0.4, -0.2) is 9.99 Å². The normalized spacial score (nSPS) is 10.2. The summed E-state index contributed by atoms with van der Waals surface area (Å²) in [5, 5.41) is 2.67. The fourth-order valence-corrected chi connectivity index (χ4v) is 2.11. The predicted octanol–water partition coefficient (Wildman–Crippen LogP) is 2.61. The first-order valence-corrected chi connectivity index (χ1v) is 5.91. The molecular weight excluding hydrogens is 236 g/mol. The Morgan fingerprint density at radius 3 is 2.41 bits per heavy atom. The smallest absolute Gasteiger partial charge is 0.306 e. The Kier molecular flexibility index (Phi) is 3.10. The van der Waals surface area contributed by atoms with E-state index in [2.05, 4.69) is 5.32 Å². The summed E-state index contributed by atoms with van der Waals surface area (Å²) in [4.78, 5) is 24.0. The van der Waals surface area contributed by atoms with Crippen LogP contribution in [0.25, 0.3) is 0 Å². The van der Waals surface area contributed by atoms with Gasteiger partial charge in [0, 0.05) is 16.6 Å². The lowest BCUT2D eigenvalue weighted by molar-refractivity contribution is 0.255. The molecule has 0 bridgehead atoms. The second-order valence-electron chi connectivity index (χ2n) is 3.78. The summed E-state index contributed by atoms with van der Waals surface area (Å²) in [6.07, 6.45) is 0. The van der Waals surface area contributed by atoms with Crippen LogP contribution >= 0.6 is 11.5 Å². The molecule has 1 N–H and O–H groups in total. The summed E-state index contributed by atoms with van der Waals surface area (Å²) in [5.41, 5.74) is 1.50. The Balaban J connectivity index is 2.20. The van der Waals surface area contributed by atoms with Crippen LogP contribution in [0, 0.1) is 13.8 Å². The number of carbonyl (C=O) groups is 1. The standard InChI is InChI=1S/C12H12N2O2S/c1-8-3-5-10(6-4-8)13-12(16)14-11(15)7-9(2)17-14/h3-7H,1-2H3,(H,13,16). The maximum absolute atomic E-state index is 11.8. The number of anilines is 1. The van der Waals surface area contributed by atoms with Gasteiger partial charge in [0.05, 0.1) is 0 Å². The van der Waals surface area contributed by atoms with Crippen LogP contribution in [-0.2, 0) is 0 Å². The third kappa shape index (κ3) is 2.62. The maximum Gasteiger partial charge on any atom is 0.342 e. The number of nitrogens with one attached hydrogen (secondary N) is 1. The molecule has 0 atom stereocenters. The molecule has 0 saturated carbocycles. The molecule has 2 aromatic rings. The minimum absolute atomic E-state index is 0.294. The van der Waals surface area contributed by atoms with Crippen molar-refractivity contribution in [1.29, 1.82) is 0 Å². The fraction of sp³-hybridized carbons (Fsp3) is 0.167. The van der Waals surface area contributed by atoms with Gasteiger partial charge in [-0.15, -0.1) is 0 Å². The number of aromatic nitrogens is 1. The van der Waals surface area contributed by atoms with Crippen LogP contribution in [0.1, 0.15) is 10.4 Å². The van der Waals surface area contributed by atoms with Crippen molar-refractivity contribution in [3.05, 3.63) is 51.1 Å². The number of amides is 1. The highest BCUT2D eigenvalue weighted by atomic mass is 32.1. The molecule has 0 aliphatic heterocycles. The van der Waals surface area contributed by atoms with Crippen molar-refractivity contribution in [1.82, 2.24) is 3.96 Å². The van der Waals surface area contributed by atoms with Gasteiger partial charge >= 0.3 is 6.03 Å². The van der Waals surface area contributed by atoms with Crippen LogP contribution in [0.2, 0.25) is 0 Å². The molecular formula is C12H12N2O2S. The zero-order chi connectivity index (χ0) is 12.4. The number of benzene rings is 1. The monoisotopic (exact) mass is 248 g/mol. The zero-order valence-electron chi connectivity index (χ0n) is 9.56. The van der Waals surface area contributed by atoms with Gasteiger partial charge < -0.3 is 5.32 Å². The molecule has 2 rings (SSSR count). The Hall–Kier alpha value is -1.88. The summed E-state index contributed by atoms with van der Waals surface area (Å²) in [5.74, 6) is 0. The molecule has 0 radical (unpaired) electrons. The zero-order valence-corrected chi connectivity index (χ0v) is 10.4. The molecule has 88 valence electrons. The van der Waals surface area contributed by atoms with Crippen molar-refractivity contribution in [2.75, 3.05) is 5.32 Å². The fourth-order valence-electron chi connectivity index (χ4n) is 1.40. The molecule has 1 amide bonds. The highest BCUT2D eigenvalue weighted by Gasteiger charge is 2.09. The number of hydrogen-bond donors (Lipinski definition) is 1. The van der Waals surface area contributed by atoms with Crippen molar-refractivity contribution in [3.63, 3.8) is 0 Å². The van der Waals surface area contributed by atoms with E-state index in [1.165, 1.54) is 6.07 Å². The van der Waals surface area contributed by atoms with Crippen LogP contribution in [0.5, 0.6) is 0 Å². The quantitative estimate of drug-likeness (QED) is 0.843. The first-order chi connectivity index (χ1) is 8.06. The molecule has 17 heavy (non-hydrogen) atoms. The Morgan fingerprint density at radius 1 is 1.24 bits per heavy atom. The first-order valence-electron chi connectivity index (χ1n) is 5.14. The summed E-state index contributed by atoms with van der Waals surface area (Å²) in [7, 11) is 0. The van der Waals surface area contributed by atoms with Crippen molar-refractivity contribution in [3.8, 4) is 0 Å². The Labute approximate surface area is 103 Å². The second-order valence-corrected chi connectivity index (χ2v) is 4.97. The molecule has 0 spiro atoms. The van der Waals surface area contributed by atoms with Crippen LogP contribution in [0.15, 0.2) is 35.1 Å². The molecule has 4 nitrogen and oxygen atoms in total. The predicted molar refractivity (Wildman–Crippen MR) is 68.9 cm³/mol. The third-order valence-corrected chi connectivity index (χ3v) is 3.18. The average molecular weight is 248 g/mol. The number of rotatable bonds is 1. The van der Waals surface area contributed by atoms with E-state index in [0.717, 1.165) is 25.9 Å². The molecule has 1 heterocycles. The topological polar surface area (TPSA) is 51.1 Å². The number of aryl methyl sites for hydroxylation is 2. The van der Waals surface area contributed by atoms with Crippen molar-refractivity contribution in [2.24, 2.45) is 0 Å². The largest absolute Gasteiger partial charge is 0.342 e. The number of carbonyl (C=O) groups excluding carboxylic acids is 1. The van der Waals surface area contributed by atoms with E-state index in [1.807, 2.05) is 19.1 Å². The van der Waals surface area contributed by atoms with E-state index in [4.69, 9.17) is 0 Å². The van der Waals surface area contributed by atoms with E-state index in [-0.39, 0.29) is 5.56 Å². The summed E-state index contributed by atoms with van der Waals surface area (Å²) < 4.78 is 1.11. The third-order valence-electron chi connectivity index (χ3n) is 2.25. The van der Waals surface area contributed by atoms with Crippen LogP contribution in [0.4, 0.5) is 10.5 Å². The second kappa shape index (κ2) is 4.55. The number of hydrogen-bond acceptors (Lipinski definition) is 3.